The minimum absolute atomic E-state index is 0.0328. The Labute approximate surface area is 177 Å². The first kappa shape index (κ1) is 18.4. The van der Waals surface area contributed by atoms with Crippen molar-refractivity contribution >= 4 is 22.9 Å². The third-order valence-corrected chi connectivity index (χ3v) is 5.63. The first-order chi connectivity index (χ1) is 14.8. The van der Waals surface area contributed by atoms with Crippen molar-refractivity contribution < 1.29 is 13.9 Å². The summed E-state index contributed by atoms with van der Waals surface area (Å²) >= 11 is 1.55. The number of fused-ring (bicyclic) bond motifs is 1. The number of ether oxygens (including phenoxy) is 1. The molecule has 1 amide bonds. The van der Waals surface area contributed by atoms with Crippen LogP contribution in [0.4, 0.5) is 5.69 Å². The summed E-state index contributed by atoms with van der Waals surface area (Å²) in [6.45, 7) is 0.806. The monoisotopic (exact) mass is 417 g/mol. The second-order valence-corrected chi connectivity index (χ2v) is 7.66. The van der Waals surface area contributed by atoms with Crippen LogP contribution in [-0.2, 0) is 13.2 Å². The molecule has 1 N–H and O–H groups in total. The van der Waals surface area contributed by atoms with Gasteiger partial charge in [0.15, 0.2) is 0 Å². The van der Waals surface area contributed by atoms with Gasteiger partial charge in [0.25, 0.3) is 5.91 Å². The van der Waals surface area contributed by atoms with E-state index >= 15 is 0 Å². The average molecular weight is 417 g/mol. The largest absolute Gasteiger partial charge is 0.487 e. The van der Waals surface area contributed by atoms with Gasteiger partial charge in [-0.1, -0.05) is 24.3 Å². The number of amides is 1. The second-order valence-electron chi connectivity index (χ2n) is 6.94. The first-order valence-corrected chi connectivity index (χ1v) is 10.5. The Morgan fingerprint density at radius 1 is 1.10 bits per heavy atom. The van der Waals surface area contributed by atoms with E-state index in [4.69, 9.17) is 9.15 Å². The van der Waals surface area contributed by atoms with Gasteiger partial charge < -0.3 is 19.4 Å². The molecule has 0 saturated heterocycles. The molecule has 3 heterocycles. The van der Waals surface area contributed by atoms with E-state index in [0.717, 1.165) is 28.5 Å². The van der Waals surface area contributed by atoms with E-state index < -0.39 is 0 Å². The number of nitrogens with zero attached hydrogens (tertiary/aromatic N) is 2. The fourth-order valence-corrected chi connectivity index (χ4v) is 4.04. The van der Waals surface area contributed by atoms with Crippen molar-refractivity contribution in [1.29, 1.82) is 0 Å². The van der Waals surface area contributed by atoms with Gasteiger partial charge in [0.1, 0.15) is 24.3 Å². The Morgan fingerprint density at radius 2 is 1.97 bits per heavy atom. The van der Waals surface area contributed by atoms with Gasteiger partial charge in [0.2, 0.25) is 0 Å². The number of carbonyl (C=O) groups excluding carboxylic acids is 1. The van der Waals surface area contributed by atoms with Crippen LogP contribution >= 0.6 is 11.3 Å². The van der Waals surface area contributed by atoms with Gasteiger partial charge in [-0.05, 0) is 42.0 Å². The number of benzene rings is 2. The third kappa shape index (κ3) is 3.67. The molecule has 1 aliphatic heterocycles. The van der Waals surface area contributed by atoms with E-state index in [0.29, 0.717) is 18.7 Å². The number of hydrogen-bond donors (Lipinski definition) is 1. The molecule has 0 radical (unpaired) electrons. The molecule has 30 heavy (non-hydrogen) atoms. The van der Waals surface area contributed by atoms with Gasteiger partial charge in [-0.25, -0.2) is 4.98 Å². The van der Waals surface area contributed by atoms with Crippen LogP contribution in [0.1, 0.15) is 33.5 Å². The highest BCUT2D eigenvalue weighted by atomic mass is 32.1. The van der Waals surface area contributed by atoms with Crippen molar-refractivity contribution in [1.82, 2.24) is 9.88 Å². The maximum atomic E-state index is 13.2. The van der Waals surface area contributed by atoms with Crippen molar-refractivity contribution in [3.63, 3.8) is 0 Å². The maximum Gasteiger partial charge on any atom is 0.258 e. The summed E-state index contributed by atoms with van der Waals surface area (Å²) in [5.41, 5.74) is 5.14. The summed E-state index contributed by atoms with van der Waals surface area (Å²) in [6, 6.07) is 19.1. The minimum atomic E-state index is -0.315. The number of thiazole rings is 1. The molecule has 7 heteroatoms. The highest BCUT2D eigenvalue weighted by Gasteiger charge is 2.33. The molecule has 0 spiro atoms. The second kappa shape index (κ2) is 8.04. The highest BCUT2D eigenvalue weighted by molar-refractivity contribution is 7.07. The molecule has 2 aromatic heterocycles. The number of para-hydroxylation sites is 1. The molecule has 1 aliphatic rings. The van der Waals surface area contributed by atoms with Gasteiger partial charge in [-0.3, -0.25) is 4.79 Å². The van der Waals surface area contributed by atoms with Gasteiger partial charge in [-0.15, -0.1) is 11.3 Å². The van der Waals surface area contributed by atoms with Crippen LogP contribution in [0.2, 0.25) is 0 Å². The van der Waals surface area contributed by atoms with Crippen LogP contribution in [-0.4, -0.2) is 15.8 Å². The Morgan fingerprint density at radius 3 is 2.73 bits per heavy atom. The molecule has 2 aromatic carbocycles. The molecule has 0 aliphatic carbocycles. The molecule has 0 saturated carbocycles. The van der Waals surface area contributed by atoms with E-state index in [-0.39, 0.29) is 12.1 Å². The van der Waals surface area contributed by atoms with E-state index in [1.54, 1.807) is 28.0 Å². The maximum absolute atomic E-state index is 13.2. The number of furan rings is 1. The SMILES string of the molecule is O=C1c2ccccc2NC(c2ccc(OCc3cscn3)cc2)N1Cc1ccco1. The lowest BCUT2D eigenvalue weighted by Crippen LogP contribution is -2.42. The summed E-state index contributed by atoms with van der Waals surface area (Å²) in [6.07, 6.45) is 1.30. The number of anilines is 1. The molecular weight excluding hydrogens is 398 g/mol. The van der Waals surface area contributed by atoms with Gasteiger partial charge >= 0.3 is 0 Å². The Hall–Kier alpha value is -3.58. The van der Waals surface area contributed by atoms with Crippen molar-refractivity contribution in [2.75, 3.05) is 5.32 Å². The number of aromatic nitrogens is 1. The Kier molecular flexibility index (Phi) is 4.94. The topological polar surface area (TPSA) is 67.6 Å². The van der Waals surface area contributed by atoms with Crippen molar-refractivity contribution in [3.05, 3.63) is 100 Å². The highest BCUT2D eigenvalue weighted by Crippen LogP contribution is 2.34. The first-order valence-electron chi connectivity index (χ1n) is 9.57. The fourth-order valence-electron chi connectivity index (χ4n) is 3.50. The molecule has 1 atom stereocenters. The Balaban J connectivity index is 1.40. The zero-order valence-corrected chi connectivity index (χ0v) is 16.8. The zero-order valence-electron chi connectivity index (χ0n) is 16.0. The van der Waals surface area contributed by atoms with Gasteiger partial charge in [0.05, 0.1) is 29.6 Å². The molecule has 1 unspecified atom stereocenters. The van der Waals surface area contributed by atoms with Crippen molar-refractivity contribution in [2.45, 2.75) is 19.3 Å². The molecule has 0 bridgehead atoms. The molecular formula is C23H19N3O3S. The number of rotatable bonds is 6. The Bertz CT molecular complexity index is 1120. The van der Waals surface area contributed by atoms with Crippen molar-refractivity contribution in [2.24, 2.45) is 0 Å². The molecule has 5 rings (SSSR count). The summed E-state index contributed by atoms with van der Waals surface area (Å²) in [4.78, 5) is 19.3. The van der Waals surface area contributed by atoms with Gasteiger partial charge in [0, 0.05) is 11.1 Å². The fraction of sp³-hybridized carbons (Fsp3) is 0.130. The lowest BCUT2D eigenvalue weighted by molar-refractivity contribution is 0.0651. The number of hydrogen-bond acceptors (Lipinski definition) is 6. The summed E-state index contributed by atoms with van der Waals surface area (Å²) < 4.78 is 11.3. The van der Waals surface area contributed by atoms with E-state index in [9.17, 15) is 4.79 Å². The number of carbonyl (C=O) groups is 1. The minimum Gasteiger partial charge on any atom is -0.487 e. The molecule has 150 valence electrons. The lowest BCUT2D eigenvalue weighted by atomic mass is 10.0. The van der Waals surface area contributed by atoms with Gasteiger partial charge in [-0.2, -0.15) is 0 Å². The van der Waals surface area contributed by atoms with Crippen LogP contribution in [0.15, 0.2) is 82.2 Å². The molecule has 4 aromatic rings. The van der Waals surface area contributed by atoms with Crippen LogP contribution in [0, 0.1) is 0 Å². The molecule has 6 nitrogen and oxygen atoms in total. The van der Waals surface area contributed by atoms with Crippen molar-refractivity contribution in [3.8, 4) is 5.75 Å². The van der Waals surface area contributed by atoms with E-state index in [1.807, 2.05) is 66.0 Å². The average Bonchev–Trinajstić information content (AvgIpc) is 3.49. The summed E-state index contributed by atoms with van der Waals surface area (Å²) in [5.74, 6) is 1.46. The predicted octanol–water partition coefficient (Wildman–Crippen LogP) is 5.08. The van der Waals surface area contributed by atoms with Crippen LogP contribution in [0.25, 0.3) is 0 Å². The quantitative estimate of drug-likeness (QED) is 0.474. The molecule has 0 fully saturated rings. The smallest absolute Gasteiger partial charge is 0.258 e. The van der Waals surface area contributed by atoms with E-state index in [2.05, 4.69) is 10.3 Å². The van der Waals surface area contributed by atoms with Crippen LogP contribution in [0.5, 0.6) is 5.75 Å². The van der Waals surface area contributed by atoms with Crippen LogP contribution < -0.4 is 10.1 Å². The summed E-state index contributed by atoms with van der Waals surface area (Å²) in [7, 11) is 0. The zero-order chi connectivity index (χ0) is 20.3. The number of nitrogens with one attached hydrogen (secondary N) is 1. The normalized spacial score (nSPS) is 15.5. The standard InChI is InChI=1S/C23H19N3O3S/c27-23-20-5-1-2-6-21(20)25-22(26(23)12-19-4-3-11-28-19)16-7-9-18(10-8-16)29-13-17-14-30-15-24-17/h1-11,14-15,22,25H,12-13H2. The third-order valence-electron chi connectivity index (χ3n) is 4.99. The summed E-state index contributed by atoms with van der Waals surface area (Å²) in [5, 5.41) is 5.46. The van der Waals surface area contributed by atoms with Crippen LogP contribution in [0.3, 0.4) is 0 Å². The van der Waals surface area contributed by atoms with E-state index in [1.165, 1.54) is 0 Å². The predicted molar refractivity (Wildman–Crippen MR) is 114 cm³/mol. The lowest BCUT2D eigenvalue weighted by Gasteiger charge is -2.37.